The molecule has 0 bridgehead atoms. The first-order valence-electron chi connectivity index (χ1n) is 13.1. The zero-order chi connectivity index (χ0) is 28.1. The zero-order valence-electron chi connectivity index (χ0n) is 24.7. The molecule has 3 aliphatic heterocycles. The third kappa shape index (κ3) is 5.87. The van der Waals surface area contributed by atoms with Crippen LogP contribution in [0.3, 0.4) is 0 Å². The molecule has 36 heavy (non-hydrogen) atoms. The fourth-order valence-corrected chi connectivity index (χ4v) is 6.12. The number of hydroxylamine groups is 6. The van der Waals surface area contributed by atoms with E-state index in [4.69, 9.17) is 0 Å². The zero-order valence-corrected chi connectivity index (χ0v) is 24.7. The summed E-state index contributed by atoms with van der Waals surface area (Å²) in [5.74, 6) is 0.232. The number of nitrogens with zero attached hydrogens (tertiary/aromatic N) is 3. The summed E-state index contributed by atoms with van der Waals surface area (Å²) in [6, 6.07) is 8.23. The first kappa shape index (κ1) is 30.9. The van der Waals surface area contributed by atoms with Gasteiger partial charge in [-0.05, 0) is 107 Å². The number of piperidine rings is 1. The molecule has 0 unspecified atom stereocenters. The molecule has 1 aromatic carbocycles. The molecule has 7 heteroatoms. The van der Waals surface area contributed by atoms with Crippen molar-refractivity contribution in [2.45, 2.75) is 142 Å². The molecule has 0 amide bonds. The van der Waals surface area contributed by atoms with Gasteiger partial charge >= 0.3 is 0 Å². The summed E-state index contributed by atoms with van der Waals surface area (Å²) in [7, 11) is 0. The topological polar surface area (TPSA) is 87.5 Å². The lowest BCUT2D eigenvalue weighted by Gasteiger charge is -2.47. The Morgan fingerprint density at radius 3 is 1.14 bits per heavy atom. The molecule has 0 saturated carbocycles. The van der Waals surface area contributed by atoms with Crippen LogP contribution in [-0.4, -0.2) is 58.8 Å². The number of fused-ring (bicyclic) bond motifs is 1. The molecule has 2 saturated heterocycles. The summed E-state index contributed by atoms with van der Waals surface area (Å²) in [4.78, 5) is 11.3. The molecule has 0 spiro atoms. The van der Waals surface area contributed by atoms with Gasteiger partial charge in [-0.25, -0.2) is 0 Å². The predicted octanol–water partition coefficient (Wildman–Crippen LogP) is 6.49. The minimum atomic E-state index is -0.418. The third-order valence-electron chi connectivity index (χ3n) is 8.21. The number of ketones is 1. The number of Topliss-reactive ketones (excluding diaryl/α,β-unsaturated/α-hetero) is 1. The molecular formula is C29H51N3O4. The molecule has 7 nitrogen and oxygen atoms in total. The van der Waals surface area contributed by atoms with Gasteiger partial charge < -0.3 is 15.6 Å². The van der Waals surface area contributed by atoms with Crippen molar-refractivity contribution in [2.75, 3.05) is 0 Å². The molecule has 0 radical (unpaired) electrons. The van der Waals surface area contributed by atoms with Crippen molar-refractivity contribution >= 4 is 5.78 Å². The average molecular weight is 506 g/mol. The number of rotatable bonds is 0. The van der Waals surface area contributed by atoms with Crippen LogP contribution in [0.5, 0.6) is 0 Å². The molecule has 0 aromatic heterocycles. The van der Waals surface area contributed by atoms with Crippen LogP contribution in [0, 0.1) is 0 Å². The maximum atomic E-state index is 11.3. The summed E-state index contributed by atoms with van der Waals surface area (Å²) < 4.78 is 0. The second-order valence-electron chi connectivity index (χ2n) is 14.2. The van der Waals surface area contributed by atoms with Gasteiger partial charge in [0.25, 0.3) is 0 Å². The van der Waals surface area contributed by atoms with Gasteiger partial charge in [0.2, 0.25) is 0 Å². The van der Waals surface area contributed by atoms with E-state index in [1.54, 1.807) is 0 Å². The van der Waals surface area contributed by atoms with Gasteiger partial charge in [-0.3, -0.25) is 4.79 Å². The van der Waals surface area contributed by atoms with Crippen LogP contribution < -0.4 is 0 Å². The lowest BCUT2D eigenvalue weighted by molar-refractivity contribution is -0.236. The Morgan fingerprint density at radius 1 is 0.556 bits per heavy atom. The van der Waals surface area contributed by atoms with Gasteiger partial charge in [-0.15, -0.1) is 0 Å². The smallest absolute Gasteiger partial charge is 0.136 e. The minimum absolute atomic E-state index is 0.0243. The molecular weight excluding hydrogens is 454 g/mol. The van der Waals surface area contributed by atoms with Gasteiger partial charge in [0.1, 0.15) is 5.78 Å². The average Bonchev–Trinajstić information content (AvgIpc) is 3.01. The molecule has 1 aromatic rings. The highest BCUT2D eigenvalue weighted by Crippen LogP contribution is 2.47. The molecule has 3 aliphatic rings. The second kappa shape index (κ2) is 9.75. The second-order valence-corrected chi connectivity index (χ2v) is 14.2. The molecule has 0 atom stereocenters. The van der Waals surface area contributed by atoms with Crippen LogP contribution in [0.25, 0.3) is 0 Å². The first-order valence-corrected chi connectivity index (χ1v) is 13.1. The van der Waals surface area contributed by atoms with Crippen LogP contribution in [-0.2, 0) is 15.9 Å². The number of hydrogen-bond donors (Lipinski definition) is 3. The molecule has 2 fully saturated rings. The first-order chi connectivity index (χ1) is 16.0. The summed E-state index contributed by atoms with van der Waals surface area (Å²) in [5, 5.41) is 33.8. The third-order valence-corrected chi connectivity index (χ3v) is 8.21. The normalized spacial score (nSPS) is 27.4. The monoisotopic (exact) mass is 505 g/mol. The van der Waals surface area contributed by atoms with Crippen molar-refractivity contribution in [3.8, 4) is 0 Å². The van der Waals surface area contributed by atoms with E-state index in [0.29, 0.717) is 12.8 Å². The molecule has 206 valence electrons. The van der Waals surface area contributed by atoms with Crippen LogP contribution in [0.4, 0.5) is 0 Å². The minimum Gasteiger partial charge on any atom is -0.313 e. The van der Waals surface area contributed by atoms with Crippen molar-refractivity contribution in [1.29, 1.82) is 0 Å². The summed E-state index contributed by atoms with van der Waals surface area (Å²) >= 11 is 0. The fraction of sp³-hybridized carbons (Fsp3) is 0.759. The van der Waals surface area contributed by atoms with Crippen molar-refractivity contribution in [2.24, 2.45) is 0 Å². The van der Waals surface area contributed by atoms with Gasteiger partial charge in [-0.2, -0.15) is 15.2 Å². The molecule has 0 aliphatic carbocycles. The highest BCUT2D eigenvalue weighted by atomic mass is 16.5. The Labute approximate surface area is 219 Å². The van der Waals surface area contributed by atoms with Crippen molar-refractivity contribution in [3.05, 3.63) is 35.4 Å². The van der Waals surface area contributed by atoms with Gasteiger partial charge in [0.05, 0.1) is 11.1 Å². The Hall–Kier alpha value is -1.35. The maximum absolute atomic E-state index is 11.3. The van der Waals surface area contributed by atoms with E-state index in [1.165, 1.54) is 26.3 Å². The molecule has 3 N–H and O–H groups in total. The van der Waals surface area contributed by atoms with Crippen LogP contribution in [0.2, 0.25) is 0 Å². The SMILES string of the molecule is CC1(C)CC(=O)CC(C)(C)N1O.CC1(C)CCC(C)(C)N1O.CC1(C)c2ccccc2C(C)(C)N1O. The van der Waals surface area contributed by atoms with Crippen molar-refractivity contribution in [1.82, 2.24) is 15.2 Å². The Kier molecular flexibility index (Phi) is 8.36. The van der Waals surface area contributed by atoms with E-state index in [2.05, 4.69) is 39.8 Å². The lowest BCUT2D eigenvalue weighted by Crippen LogP contribution is -2.59. The number of benzene rings is 1. The van der Waals surface area contributed by atoms with E-state index >= 15 is 0 Å². The summed E-state index contributed by atoms with van der Waals surface area (Å²) in [6.45, 7) is 24.0. The number of carbonyl (C=O) groups excluding carboxylic acids is 1. The van der Waals surface area contributed by atoms with E-state index < -0.39 is 11.1 Å². The Bertz CT molecular complexity index is 879. The lowest BCUT2D eigenvalue weighted by atomic mass is 9.81. The molecule has 4 rings (SSSR count). The highest BCUT2D eigenvalue weighted by molar-refractivity contribution is 5.81. The van der Waals surface area contributed by atoms with E-state index in [-0.39, 0.29) is 27.9 Å². The highest BCUT2D eigenvalue weighted by Gasteiger charge is 2.48. The quantitative estimate of drug-likeness (QED) is 0.371. The predicted molar refractivity (Wildman–Crippen MR) is 143 cm³/mol. The van der Waals surface area contributed by atoms with E-state index in [9.17, 15) is 20.4 Å². The number of hydrogen-bond acceptors (Lipinski definition) is 7. The van der Waals surface area contributed by atoms with Crippen molar-refractivity contribution < 1.29 is 20.4 Å². The van der Waals surface area contributed by atoms with E-state index in [0.717, 1.165) is 12.8 Å². The molecule has 3 heterocycles. The van der Waals surface area contributed by atoms with Crippen molar-refractivity contribution in [3.63, 3.8) is 0 Å². The summed E-state index contributed by atoms with van der Waals surface area (Å²) in [5.41, 5.74) is 0.963. The van der Waals surface area contributed by atoms with Gasteiger partial charge in [0.15, 0.2) is 0 Å². The number of carbonyl (C=O) groups is 1. The van der Waals surface area contributed by atoms with Gasteiger partial charge in [-0.1, -0.05) is 24.3 Å². The van der Waals surface area contributed by atoms with Crippen LogP contribution >= 0.6 is 0 Å². The standard InChI is InChI=1S/C12H17NO.C9H17NO2.C8H17NO/c1-11(2)9-7-5-6-8-10(9)12(3,4)13(11)14;1-8(2)5-7(11)6-9(3,4)10(8)12;1-7(2)5-6-8(3,4)9(7)10/h5-8,14H,1-4H3;12H,5-6H2,1-4H3;10H,5-6H2,1-4H3. The van der Waals surface area contributed by atoms with Gasteiger partial charge in [0, 0.05) is 35.0 Å². The van der Waals surface area contributed by atoms with Crippen LogP contribution in [0.1, 0.15) is 120 Å². The Balaban J connectivity index is 0.000000193. The maximum Gasteiger partial charge on any atom is 0.136 e. The van der Waals surface area contributed by atoms with Crippen LogP contribution in [0.15, 0.2) is 24.3 Å². The largest absolute Gasteiger partial charge is 0.313 e. The summed E-state index contributed by atoms with van der Waals surface area (Å²) in [6.07, 6.45) is 3.03. The Morgan fingerprint density at radius 2 is 0.861 bits per heavy atom. The van der Waals surface area contributed by atoms with E-state index in [1.807, 2.05) is 67.5 Å². The fourth-order valence-electron chi connectivity index (χ4n) is 6.12.